The second-order valence-electron chi connectivity index (χ2n) is 5.01. The van der Waals surface area contributed by atoms with Crippen molar-refractivity contribution in [2.24, 2.45) is 0 Å². The number of pyridine rings is 1. The van der Waals surface area contributed by atoms with E-state index in [1.807, 2.05) is 13.8 Å². The average molecular weight is 245 g/mol. The number of hydrogen-bond donors (Lipinski definition) is 0. The zero-order chi connectivity index (χ0) is 13.1. The van der Waals surface area contributed by atoms with Gasteiger partial charge in [0.15, 0.2) is 5.43 Å². The molecular weight excluding hydrogens is 226 g/mol. The molecule has 0 saturated carbocycles. The van der Waals surface area contributed by atoms with Crippen molar-refractivity contribution in [1.82, 2.24) is 9.47 Å². The van der Waals surface area contributed by atoms with E-state index in [9.17, 15) is 4.79 Å². The van der Waals surface area contributed by atoms with Crippen molar-refractivity contribution >= 4 is 0 Å². The van der Waals surface area contributed by atoms with Gasteiger partial charge in [-0.2, -0.15) is 5.26 Å². The Kier molecular flexibility index (Phi) is 3.83. The molecule has 0 radical (unpaired) electrons. The maximum atomic E-state index is 11.4. The lowest BCUT2D eigenvalue weighted by Crippen LogP contribution is -2.35. The third-order valence-corrected chi connectivity index (χ3v) is 3.68. The van der Waals surface area contributed by atoms with Gasteiger partial charge in [-0.3, -0.25) is 9.69 Å². The van der Waals surface area contributed by atoms with Crippen LogP contribution in [0.3, 0.4) is 0 Å². The Labute approximate surface area is 107 Å². The summed E-state index contributed by atoms with van der Waals surface area (Å²) in [6, 6.07) is 6.06. The molecule has 96 valence electrons. The van der Waals surface area contributed by atoms with Gasteiger partial charge in [-0.1, -0.05) is 0 Å². The van der Waals surface area contributed by atoms with E-state index in [2.05, 4.69) is 15.5 Å². The molecule has 4 nitrogen and oxygen atoms in total. The molecule has 2 heterocycles. The van der Waals surface area contributed by atoms with Crippen LogP contribution in [0, 0.1) is 25.2 Å². The Morgan fingerprint density at radius 2 is 1.83 bits per heavy atom. The van der Waals surface area contributed by atoms with Crippen LogP contribution >= 0.6 is 0 Å². The topological polar surface area (TPSA) is 49.0 Å². The molecule has 1 aliphatic heterocycles. The van der Waals surface area contributed by atoms with Crippen LogP contribution in [0.25, 0.3) is 0 Å². The molecular formula is C14H19N3O. The van der Waals surface area contributed by atoms with Crippen LogP contribution in [0.5, 0.6) is 0 Å². The second kappa shape index (κ2) is 5.36. The molecule has 1 aromatic rings. The summed E-state index contributed by atoms with van der Waals surface area (Å²) in [6.07, 6.45) is 2.10. The molecule has 1 saturated heterocycles. The van der Waals surface area contributed by atoms with Crippen molar-refractivity contribution < 1.29 is 0 Å². The predicted octanol–water partition coefficient (Wildman–Crippen LogP) is 1.63. The molecule has 1 aliphatic rings. The van der Waals surface area contributed by atoms with E-state index in [-0.39, 0.29) is 5.43 Å². The van der Waals surface area contributed by atoms with Gasteiger partial charge in [0.1, 0.15) is 0 Å². The van der Waals surface area contributed by atoms with Gasteiger partial charge in [0.2, 0.25) is 0 Å². The van der Waals surface area contributed by atoms with Crippen LogP contribution in [0.1, 0.15) is 30.3 Å². The Hall–Kier alpha value is -1.60. The molecule has 0 aliphatic carbocycles. The van der Waals surface area contributed by atoms with E-state index in [1.54, 1.807) is 12.1 Å². The van der Waals surface area contributed by atoms with Gasteiger partial charge < -0.3 is 4.57 Å². The monoisotopic (exact) mass is 245 g/mol. The smallest absolute Gasteiger partial charge is 0.182 e. The number of rotatable bonds is 2. The van der Waals surface area contributed by atoms with Crippen LogP contribution in [0.15, 0.2) is 16.9 Å². The van der Waals surface area contributed by atoms with Crippen molar-refractivity contribution in [1.29, 1.82) is 5.26 Å². The van der Waals surface area contributed by atoms with Gasteiger partial charge >= 0.3 is 0 Å². The summed E-state index contributed by atoms with van der Waals surface area (Å²) in [5, 5.41) is 8.69. The molecule has 2 rings (SSSR count). The zero-order valence-corrected chi connectivity index (χ0v) is 11.0. The van der Waals surface area contributed by atoms with E-state index >= 15 is 0 Å². The van der Waals surface area contributed by atoms with Crippen molar-refractivity contribution in [2.75, 3.05) is 19.6 Å². The van der Waals surface area contributed by atoms with Gasteiger partial charge in [0.05, 0.1) is 12.6 Å². The van der Waals surface area contributed by atoms with Gasteiger partial charge in [0, 0.05) is 42.7 Å². The van der Waals surface area contributed by atoms with Gasteiger partial charge in [-0.25, -0.2) is 0 Å². The highest BCUT2D eigenvalue weighted by Gasteiger charge is 2.21. The highest BCUT2D eigenvalue weighted by atomic mass is 16.1. The number of likely N-dealkylation sites (tertiary alicyclic amines) is 1. The Balaban J connectivity index is 2.15. The first-order valence-electron chi connectivity index (χ1n) is 6.41. The van der Waals surface area contributed by atoms with Gasteiger partial charge in [-0.05, 0) is 26.7 Å². The SMILES string of the molecule is Cc1cc(=O)cc(C)n1C1CCN(CC#N)CC1. The first kappa shape index (κ1) is 12.8. The molecule has 0 amide bonds. The molecule has 0 spiro atoms. The Bertz CT molecular complexity index is 493. The quantitative estimate of drug-likeness (QED) is 0.744. The normalized spacial score (nSPS) is 17.6. The summed E-state index contributed by atoms with van der Waals surface area (Å²) in [5.74, 6) is 0. The number of nitrogens with zero attached hydrogens (tertiary/aromatic N) is 3. The van der Waals surface area contributed by atoms with Gasteiger partial charge in [-0.15, -0.1) is 0 Å². The fourth-order valence-corrected chi connectivity index (χ4v) is 2.88. The van der Waals surface area contributed by atoms with E-state index in [4.69, 9.17) is 5.26 Å². The molecule has 0 aromatic carbocycles. The average Bonchev–Trinajstić information content (AvgIpc) is 2.30. The Morgan fingerprint density at radius 3 is 2.33 bits per heavy atom. The molecule has 0 atom stereocenters. The number of aryl methyl sites for hydroxylation is 2. The van der Waals surface area contributed by atoms with E-state index in [1.165, 1.54) is 0 Å². The predicted molar refractivity (Wildman–Crippen MR) is 70.5 cm³/mol. The molecule has 0 bridgehead atoms. The number of piperidine rings is 1. The minimum atomic E-state index is 0.0863. The third kappa shape index (κ3) is 2.62. The summed E-state index contributed by atoms with van der Waals surface area (Å²) in [6.45, 7) is 6.44. The summed E-state index contributed by atoms with van der Waals surface area (Å²) in [4.78, 5) is 13.6. The molecule has 18 heavy (non-hydrogen) atoms. The van der Waals surface area contributed by atoms with E-state index < -0.39 is 0 Å². The maximum Gasteiger partial charge on any atom is 0.182 e. The fraction of sp³-hybridized carbons (Fsp3) is 0.571. The minimum Gasteiger partial charge on any atom is -0.346 e. The minimum absolute atomic E-state index is 0.0863. The molecule has 4 heteroatoms. The Morgan fingerprint density at radius 1 is 1.28 bits per heavy atom. The van der Waals surface area contributed by atoms with Gasteiger partial charge in [0.25, 0.3) is 0 Å². The van der Waals surface area contributed by atoms with Crippen LogP contribution in [-0.2, 0) is 0 Å². The third-order valence-electron chi connectivity index (χ3n) is 3.68. The van der Waals surface area contributed by atoms with Crippen LogP contribution in [0.4, 0.5) is 0 Å². The summed E-state index contributed by atoms with van der Waals surface area (Å²) in [5.41, 5.74) is 2.17. The standard InChI is InChI=1S/C14H19N3O/c1-11-9-14(18)10-12(2)17(11)13-3-6-16(7-4-13)8-5-15/h9-10,13H,3-4,6-8H2,1-2H3. The van der Waals surface area contributed by atoms with Crippen molar-refractivity contribution in [2.45, 2.75) is 32.7 Å². The largest absolute Gasteiger partial charge is 0.346 e. The molecule has 0 unspecified atom stereocenters. The highest BCUT2D eigenvalue weighted by molar-refractivity contribution is 5.14. The fourth-order valence-electron chi connectivity index (χ4n) is 2.88. The second-order valence-corrected chi connectivity index (χ2v) is 5.01. The summed E-state index contributed by atoms with van der Waals surface area (Å²) >= 11 is 0. The number of hydrogen-bond acceptors (Lipinski definition) is 3. The van der Waals surface area contributed by atoms with Crippen LogP contribution < -0.4 is 5.43 Å². The molecule has 1 aromatic heterocycles. The molecule has 1 fully saturated rings. The summed E-state index contributed by atoms with van der Waals surface area (Å²) in [7, 11) is 0. The van der Waals surface area contributed by atoms with Crippen LogP contribution in [-0.4, -0.2) is 29.1 Å². The van der Waals surface area contributed by atoms with Crippen LogP contribution in [0.2, 0.25) is 0 Å². The van der Waals surface area contributed by atoms with Crippen molar-refractivity contribution in [3.05, 3.63) is 33.7 Å². The lowest BCUT2D eigenvalue weighted by atomic mass is 10.0. The number of aromatic nitrogens is 1. The lowest BCUT2D eigenvalue weighted by Gasteiger charge is -2.33. The van der Waals surface area contributed by atoms with E-state index in [0.29, 0.717) is 12.6 Å². The lowest BCUT2D eigenvalue weighted by molar-refractivity contribution is 0.202. The zero-order valence-electron chi connectivity index (χ0n) is 11.0. The molecule has 0 N–H and O–H groups in total. The van der Waals surface area contributed by atoms with Crippen molar-refractivity contribution in [3.8, 4) is 6.07 Å². The maximum absolute atomic E-state index is 11.4. The highest BCUT2D eigenvalue weighted by Crippen LogP contribution is 2.24. The first-order chi connectivity index (χ1) is 8.61. The number of nitriles is 1. The van der Waals surface area contributed by atoms with Crippen molar-refractivity contribution in [3.63, 3.8) is 0 Å². The summed E-state index contributed by atoms with van der Waals surface area (Å²) < 4.78 is 2.27. The first-order valence-corrected chi connectivity index (χ1v) is 6.41. The van der Waals surface area contributed by atoms with E-state index in [0.717, 1.165) is 37.3 Å².